The monoisotopic (exact) mass is 192 g/mol. The topological polar surface area (TPSA) is 29.3 Å². The number of nitrogens with zero attached hydrogens (tertiary/aromatic N) is 1. The van der Waals surface area contributed by atoms with Crippen LogP contribution in [0.4, 0.5) is 5.69 Å². The van der Waals surface area contributed by atoms with Gasteiger partial charge in [0.2, 0.25) is 0 Å². The Hall–Kier alpha value is -1.02. The van der Waals surface area contributed by atoms with E-state index < -0.39 is 0 Å². The standard InChI is InChI=1S/C12H20N2/c1-4-14(11(3)9-13)12-7-5-10(2)6-8-12/h5-8,11H,4,9,13H2,1-3H3. The second-order valence-electron chi connectivity index (χ2n) is 3.71. The van der Waals surface area contributed by atoms with Gasteiger partial charge in [0.05, 0.1) is 0 Å². The van der Waals surface area contributed by atoms with Gasteiger partial charge in [-0.15, -0.1) is 0 Å². The first-order valence-electron chi connectivity index (χ1n) is 5.22. The number of hydrogen-bond acceptors (Lipinski definition) is 2. The molecule has 2 nitrogen and oxygen atoms in total. The number of nitrogens with two attached hydrogens (primary N) is 1. The summed E-state index contributed by atoms with van der Waals surface area (Å²) in [6, 6.07) is 9.00. The van der Waals surface area contributed by atoms with Gasteiger partial charge in [-0.25, -0.2) is 0 Å². The molecule has 0 bridgehead atoms. The predicted molar refractivity (Wildman–Crippen MR) is 62.7 cm³/mol. The van der Waals surface area contributed by atoms with Crippen molar-refractivity contribution in [1.82, 2.24) is 0 Å². The van der Waals surface area contributed by atoms with Crippen LogP contribution in [0.15, 0.2) is 24.3 Å². The molecular weight excluding hydrogens is 172 g/mol. The van der Waals surface area contributed by atoms with Crippen molar-refractivity contribution in [2.24, 2.45) is 5.73 Å². The van der Waals surface area contributed by atoms with Gasteiger partial charge in [-0.05, 0) is 32.9 Å². The average Bonchev–Trinajstić information content (AvgIpc) is 2.21. The van der Waals surface area contributed by atoms with E-state index in [2.05, 4.69) is 49.9 Å². The molecule has 0 aliphatic carbocycles. The maximum Gasteiger partial charge on any atom is 0.0383 e. The highest BCUT2D eigenvalue weighted by Gasteiger charge is 2.10. The van der Waals surface area contributed by atoms with Gasteiger partial charge in [0.15, 0.2) is 0 Å². The summed E-state index contributed by atoms with van der Waals surface area (Å²) in [6.07, 6.45) is 0. The highest BCUT2D eigenvalue weighted by atomic mass is 15.2. The molecule has 14 heavy (non-hydrogen) atoms. The number of likely N-dealkylation sites (N-methyl/N-ethyl adjacent to an activating group) is 1. The lowest BCUT2D eigenvalue weighted by atomic mass is 10.2. The number of aryl methyl sites for hydroxylation is 1. The van der Waals surface area contributed by atoms with E-state index in [1.807, 2.05) is 0 Å². The Kier molecular flexibility index (Phi) is 3.96. The van der Waals surface area contributed by atoms with Crippen LogP contribution in [0.2, 0.25) is 0 Å². The molecule has 0 heterocycles. The van der Waals surface area contributed by atoms with E-state index in [-0.39, 0.29) is 0 Å². The molecule has 2 heteroatoms. The van der Waals surface area contributed by atoms with Gasteiger partial charge in [0, 0.05) is 24.8 Å². The van der Waals surface area contributed by atoms with E-state index >= 15 is 0 Å². The van der Waals surface area contributed by atoms with Crippen molar-refractivity contribution in [2.45, 2.75) is 26.8 Å². The molecule has 0 aliphatic rings. The first-order valence-corrected chi connectivity index (χ1v) is 5.22. The highest BCUT2D eigenvalue weighted by Crippen LogP contribution is 2.16. The quantitative estimate of drug-likeness (QED) is 0.792. The Morgan fingerprint density at radius 1 is 1.29 bits per heavy atom. The lowest BCUT2D eigenvalue weighted by molar-refractivity contribution is 0.657. The van der Waals surface area contributed by atoms with Crippen LogP contribution in [0.25, 0.3) is 0 Å². The second kappa shape index (κ2) is 5.01. The van der Waals surface area contributed by atoms with Crippen LogP contribution in [0.5, 0.6) is 0 Å². The van der Waals surface area contributed by atoms with Crippen molar-refractivity contribution in [1.29, 1.82) is 0 Å². The van der Waals surface area contributed by atoms with Crippen LogP contribution in [0, 0.1) is 6.92 Å². The zero-order valence-electron chi connectivity index (χ0n) is 9.33. The van der Waals surface area contributed by atoms with Crippen molar-refractivity contribution in [3.05, 3.63) is 29.8 Å². The molecule has 78 valence electrons. The van der Waals surface area contributed by atoms with Gasteiger partial charge >= 0.3 is 0 Å². The molecule has 1 atom stereocenters. The highest BCUT2D eigenvalue weighted by molar-refractivity contribution is 5.48. The minimum Gasteiger partial charge on any atom is -0.368 e. The van der Waals surface area contributed by atoms with Crippen LogP contribution in [0.1, 0.15) is 19.4 Å². The summed E-state index contributed by atoms with van der Waals surface area (Å²) in [4.78, 5) is 2.32. The number of hydrogen-bond donors (Lipinski definition) is 1. The number of benzene rings is 1. The smallest absolute Gasteiger partial charge is 0.0383 e. The summed E-state index contributed by atoms with van der Waals surface area (Å²) >= 11 is 0. The minimum absolute atomic E-state index is 0.405. The third-order valence-corrected chi connectivity index (χ3v) is 2.58. The van der Waals surface area contributed by atoms with Crippen molar-refractivity contribution >= 4 is 5.69 Å². The second-order valence-corrected chi connectivity index (χ2v) is 3.71. The van der Waals surface area contributed by atoms with E-state index in [4.69, 9.17) is 5.73 Å². The lowest BCUT2D eigenvalue weighted by Gasteiger charge is -2.29. The van der Waals surface area contributed by atoms with E-state index in [9.17, 15) is 0 Å². The van der Waals surface area contributed by atoms with Crippen LogP contribution in [-0.2, 0) is 0 Å². The minimum atomic E-state index is 0.405. The van der Waals surface area contributed by atoms with E-state index in [0.29, 0.717) is 12.6 Å². The third kappa shape index (κ3) is 2.48. The van der Waals surface area contributed by atoms with Crippen molar-refractivity contribution in [2.75, 3.05) is 18.0 Å². The zero-order chi connectivity index (χ0) is 10.6. The fourth-order valence-corrected chi connectivity index (χ4v) is 1.61. The van der Waals surface area contributed by atoms with Crippen LogP contribution < -0.4 is 10.6 Å². The molecule has 1 unspecified atom stereocenters. The summed E-state index contributed by atoms with van der Waals surface area (Å²) in [5.41, 5.74) is 8.23. The Bertz CT molecular complexity index is 266. The predicted octanol–water partition coefficient (Wildman–Crippen LogP) is 2.17. The molecule has 0 saturated carbocycles. The maximum absolute atomic E-state index is 5.67. The van der Waals surface area contributed by atoms with Crippen LogP contribution >= 0.6 is 0 Å². The Balaban J connectivity index is 2.84. The number of anilines is 1. The van der Waals surface area contributed by atoms with E-state index in [1.54, 1.807) is 0 Å². The fourth-order valence-electron chi connectivity index (χ4n) is 1.61. The van der Waals surface area contributed by atoms with Gasteiger partial charge < -0.3 is 10.6 Å². The molecule has 0 saturated heterocycles. The molecule has 0 radical (unpaired) electrons. The molecule has 0 amide bonds. The summed E-state index contributed by atoms with van der Waals surface area (Å²) in [7, 11) is 0. The Morgan fingerprint density at radius 3 is 2.29 bits per heavy atom. The molecule has 1 rings (SSSR count). The zero-order valence-corrected chi connectivity index (χ0v) is 9.33. The van der Waals surface area contributed by atoms with Gasteiger partial charge in [0.25, 0.3) is 0 Å². The van der Waals surface area contributed by atoms with E-state index in [1.165, 1.54) is 11.3 Å². The largest absolute Gasteiger partial charge is 0.368 e. The first-order chi connectivity index (χ1) is 6.69. The summed E-state index contributed by atoms with van der Waals surface area (Å²) in [5, 5.41) is 0. The SMILES string of the molecule is CCN(c1ccc(C)cc1)C(C)CN. The van der Waals surface area contributed by atoms with Crippen LogP contribution in [-0.4, -0.2) is 19.1 Å². The first kappa shape index (κ1) is 11.1. The molecule has 0 fully saturated rings. The van der Waals surface area contributed by atoms with Gasteiger partial charge in [0.1, 0.15) is 0 Å². The van der Waals surface area contributed by atoms with Crippen LogP contribution in [0.3, 0.4) is 0 Å². The molecule has 1 aromatic rings. The lowest BCUT2D eigenvalue weighted by Crippen LogP contribution is -2.38. The summed E-state index contributed by atoms with van der Waals surface area (Å²) in [5.74, 6) is 0. The molecular formula is C12H20N2. The molecule has 0 spiro atoms. The van der Waals surface area contributed by atoms with Crippen molar-refractivity contribution in [3.8, 4) is 0 Å². The van der Waals surface area contributed by atoms with Gasteiger partial charge in [-0.3, -0.25) is 0 Å². The Labute approximate surface area is 86.7 Å². The molecule has 1 aromatic carbocycles. The van der Waals surface area contributed by atoms with E-state index in [0.717, 1.165) is 6.54 Å². The fraction of sp³-hybridized carbons (Fsp3) is 0.500. The third-order valence-electron chi connectivity index (χ3n) is 2.58. The Morgan fingerprint density at radius 2 is 1.86 bits per heavy atom. The maximum atomic E-state index is 5.67. The summed E-state index contributed by atoms with van der Waals surface area (Å²) < 4.78 is 0. The normalized spacial score (nSPS) is 12.6. The van der Waals surface area contributed by atoms with Gasteiger partial charge in [-0.2, -0.15) is 0 Å². The molecule has 0 aliphatic heterocycles. The van der Waals surface area contributed by atoms with Crippen molar-refractivity contribution in [3.63, 3.8) is 0 Å². The average molecular weight is 192 g/mol. The molecule has 2 N–H and O–H groups in total. The van der Waals surface area contributed by atoms with Crippen molar-refractivity contribution < 1.29 is 0 Å². The van der Waals surface area contributed by atoms with Gasteiger partial charge in [-0.1, -0.05) is 17.7 Å². The molecule has 0 aromatic heterocycles. The number of rotatable bonds is 4. The summed E-state index contributed by atoms with van der Waals surface area (Å²) in [6.45, 7) is 8.12.